The van der Waals surface area contributed by atoms with Gasteiger partial charge in [-0.1, -0.05) is 60.2 Å². The molecule has 0 unspecified atom stereocenters. The monoisotopic (exact) mass is 321 g/mol. The molecule has 0 saturated heterocycles. The van der Waals surface area contributed by atoms with Crippen molar-refractivity contribution in [2.24, 2.45) is 0 Å². The van der Waals surface area contributed by atoms with Crippen LogP contribution in [0.2, 0.25) is 0 Å². The summed E-state index contributed by atoms with van der Waals surface area (Å²) in [4.78, 5) is 12.2. The predicted molar refractivity (Wildman–Crippen MR) is 94.7 cm³/mol. The average molecular weight is 321 g/mol. The number of ether oxygens (including phenoxy) is 1. The summed E-state index contributed by atoms with van der Waals surface area (Å²) in [6.07, 6.45) is 0. The van der Waals surface area contributed by atoms with E-state index < -0.39 is 5.97 Å². The quantitative estimate of drug-likeness (QED) is 0.708. The van der Waals surface area contributed by atoms with Gasteiger partial charge >= 0.3 is 5.97 Å². The maximum atomic E-state index is 12.2. The first-order valence-electron chi connectivity index (χ1n) is 7.83. The number of hydrogen-bond donors (Lipinski definition) is 1. The third-order valence-electron chi connectivity index (χ3n) is 3.78. The first-order valence-corrected chi connectivity index (χ1v) is 7.83. The zero-order valence-corrected chi connectivity index (χ0v) is 13.7. The van der Waals surface area contributed by atoms with E-state index in [0.29, 0.717) is 17.0 Å². The summed E-state index contributed by atoms with van der Waals surface area (Å²) < 4.78 is 10.9. The van der Waals surface area contributed by atoms with E-state index in [9.17, 15) is 4.79 Å². The normalized spacial score (nSPS) is 10.6. The molecule has 0 radical (unpaired) electrons. The van der Waals surface area contributed by atoms with Gasteiger partial charge in [-0.05, 0) is 19.4 Å². The Kier molecular flexibility index (Phi) is 4.38. The zero-order valence-electron chi connectivity index (χ0n) is 13.7. The Hall–Kier alpha value is -3.01. The molecule has 3 aromatic rings. The summed E-state index contributed by atoms with van der Waals surface area (Å²) in [6, 6.07) is 17.5. The summed E-state index contributed by atoms with van der Waals surface area (Å²) in [6.45, 7) is 4.03. The fourth-order valence-electron chi connectivity index (χ4n) is 2.59. The molecule has 24 heavy (non-hydrogen) atoms. The molecule has 0 bridgehead atoms. The van der Waals surface area contributed by atoms with Gasteiger partial charge in [-0.25, -0.2) is 4.79 Å². The molecule has 0 aliphatic heterocycles. The number of anilines is 1. The molecule has 2 N–H and O–H groups in total. The van der Waals surface area contributed by atoms with Crippen LogP contribution in [0.4, 0.5) is 5.69 Å². The maximum Gasteiger partial charge on any atom is 0.376 e. The largest absolute Gasteiger partial charge is 0.460 e. The van der Waals surface area contributed by atoms with E-state index in [1.165, 1.54) is 0 Å². The number of nitrogens with two attached hydrogens (primary N) is 1. The van der Waals surface area contributed by atoms with Crippen LogP contribution in [-0.4, -0.2) is 12.6 Å². The van der Waals surface area contributed by atoms with Crippen molar-refractivity contribution in [3.05, 3.63) is 65.9 Å². The second-order valence-corrected chi connectivity index (χ2v) is 5.50. The van der Waals surface area contributed by atoms with Gasteiger partial charge in [0.05, 0.1) is 17.9 Å². The van der Waals surface area contributed by atoms with Crippen molar-refractivity contribution in [2.45, 2.75) is 13.8 Å². The molecule has 0 amide bonds. The van der Waals surface area contributed by atoms with Gasteiger partial charge in [0, 0.05) is 5.56 Å². The molecule has 0 atom stereocenters. The molecule has 2 aromatic carbocycles. The number of furan rings is 1. The number of nitrogen functional groups attached to an aromatic ring is 1. The SMILES string of the molecule is CCOC(=O)c1oc(-c2ccccc2)c(-c2ccc(C)cc2)c1N. The van der Waals surface area contributed by atoms with Crippen molar-refractivity contribution in [1.29, 1.82) is 0 Å². The minimum absolute atomic E-state index is 0.0475. The van der Waals surface area contributed by atoms with E-state index in [0.717, 1.165) is 16.7 Å². The van der Waals surface area contributed by atoms with Gasteiger partial charge in [0.1, 0.15) is 5.76 Å². The number of carbonyl (C=O) groups is 1. The average Bonchev–Trinajstić information content (AvgIpc) is 2.94. The first-order chi connectivity index (χ1) is 11.6. The summed E-state index contributed by atoms with van der Waals surface area (Å²) in [5.74, 6) is 0.0665. The lowest BCUT2D eigenvalue weighted by Gasteiger charge is -2.05. The Morgan fingerprint density at radius 2 is 1.71 bits per heavy atom. The summed E-state index contributed by atoms with van der Waals surface area (Å²) in [7, 11) is 0. The minimum Gasteiger partial charge on any atom is -0.460 e. The Labute approximate surface area is 140 Å². The molecule has 1 heterocycles. The van der Waals surface area contributed by atoms with Crippen LogP contribution in [0, 0.1) is 6.92 Å². The van der Waals surface area contributed by atoms with Gasteiger partial charge in [0.25, 0.3) is 0 Å². The molecule has 1 aromatic heterocycles. The van der Waals surface area contributed by atoms with E-state index in [1.54, 1.807) is 6.92 Å². The Balaban J connectivity index is 2.21. The van der Waals surface area contributed by atoms with Crippen LogP contribution in [0.25, 0.3) is 22.5 Å². The molecular weight excluding hydrogens is 302 g/mol. The highest BCUT2D eigenvalue weighted by molar-refractivity contribution is 6.01. The lowest BCUT2D eigenvalue weighted by Crippen LogP contribution is -2.06. The molecule has 0 spiro atoms. The first kappa shape index (κ1) is 15.9. The van der Waals surface area contributed by atoms with Crippen LogP contribution >= 0.6 is 0 Å². The van der Waals surface area contributed by atoms with E-state index in [4.69, 9.17) is 14.9 Å². The molecule has 4 heteroatoms. The maximum absolute atomic E-state index is 12.2. The van der Waals surface area contributed by atoms with Crippen molar-refractivity contribution in [3.8, 4) is 22.5 Å². The van der Waals surface area contributed by atoms with Gasteiger partial charge in [0.15, 0.2) is 0 Å². The van der Waals surface area contributed by atoms with Gasteiger partial charge < -0.3 is 14.9 Å². The molecule has 4 nitrogen and oxygen atoms in total. The number of hydrogen-bond acceptors (Lipinski definition) is 4. The number of benzene rings is 2. The van der Waals surface area contributed by atoms with Crippen LogP contribution < -0.4 is 5.73 Å². The highest BCUT2D eigenvalue weighted by atomic mass is 16.5. The summed E-state index contributed by atoms with van der Waals surface area (Å²) in [5, 5.41) is 0. The highest BCUT2D eigenvalue weighted by Crippen LogP contribution is 2.41. The van der Waals surface area contributed by atoms with E-state index in [-0.39, 0.29) is 12.4 Å². The molecule has 122 valence electrons. The van der Waals surface area contributed by atoms with E-state index in [2.05, 4.69) is 0 Å². The second-order valence-electron chi connectivity index (χ2n) is 5.50. The van der Waals surface area contributed by atoms with Gasteiger partial charge in [0.2, 0.25) is 5.76 Å². The third kappa shape index (κ3) is 2.91. The Bertz CT molecular complexity index is 849. The fourth-order valence-corrected chi connectivity index (χ4v) is 2.59. The topological polar surface area (TPSA) is 65.5 Å². The number of carbonyl (C=O) groups excluding carboxylic acids is 1. The molecule has 0 saturated carbocycles. The molecule has 0 aliphatic rings. The smallest absolute Gasteiger partial charge is 0.376 e. The van der Waals surface area contributed by atoms with Crippen LogP contribution in [0.1, 0.15) is 23.0 Å². The molecular formula is C20H19NO3. The summed E-state index contributed by atoms with van der Waals surface area (Å²) >= 11 is 0. The van der Waals surface area contributed by atoms with Gasteiger partial charge in [-0.15, -0.1) is 0 Å². The number of rotatable bonds is 4. The molecule has 0 fully saturated rings. The van der Waals surface area contributed by atoms with Crippen molar-refractivity contribution in [3.63, 3.8) is 0 Å². The Morgan fingerprint density at radius 3 is 2.33 bits per heavy atom. The summed E-state index contributed by atoms with van der Waals surface area (Å²) in [5.41, 5.74) is 10.2. The van der Waals surface area contributed by atoms with Crippen LogP contribution in [-0.2, 0) is 4.74 Å². The number of esters is 1. The minimum atomic E-state index is -0.550. The van der Waals surface area contributed by atoms with Crippen LogP contribution in [0.3, 0.4) is 0 Å². The van der Waals surface area contributed by atoms with Gasteiger partial charge in [-0.2, -0.15) is 0 Å². The van der Waals surface area contributed by atoms with E-state index in [1.807, 2.05) is 61.5 Å². The third-order valence-corrected chi connectivity index (χ3v) is 3.78. The van der Waals surface area contributed by atoms with Gasteiger partial charge in [-0.3, -0.25) is 0 Å². The number of aryl methyl sites for hydroxylation is 1. The van der Waals surface area contributed by atoms with Crippen molar-refractivity contribution in [1.82, 2.24) is 0 Å². The predicted octanol–water partition coefficient (Wildman–Crippen LogP) is 4.68. The second kappa shape index (κ2) is 6.62. The molecule has 0 aliphatic carbocycles. The van der Waals surface area contributed by atoms with Crippen molar-refractivity contribution < 1.29 is 13.9 Å². The lowest BCUT2D eigenvalue weighted by atomic mass is 9.99. The zero-order chi connectivity index (χ0) is 17.1. The van der Waals surface area contributed by atoms with Crippen LogP contribution in [0.5, 0.6) is 0 Å². The lowest BCUT2D eigenvalue weighted by molar-refractivity contribution is 0.0493. The highest BCUT2D eigenvalue weighted by Gasteiger charge is 2.25. The van der Waals surface area contributed by atoms with Crippen molar-refractivity contribution in [2.75, 3.05) is 12.3 Å². The Morgan fingerprint density at radius 1 is 1.04 bits per heavy atom. The molecule has 3 rings (SSSR count). The van der Waals surface area contributed by atoms with E-state index >= 15 is 0 Å². The standard InChI is InChI=1S/C20H19NO3/c1-3-23-20(22)19-17(21)16(14-11-9-13(2)10-12-14)18(24-19)15-7-5-4-6-8-15/h4-12H,3,21H2,1-2H3. The van der Waals surface area contributed by atoms with Crippen LogP contribution in [0.15, 0.2) is 59.0 Å². The van der Waals surface area contributed by atoms with Crippen molar-refractivity contribution >= 4 is 11.7 Å². The fraction of sp³-hybridized carbons (Fsp3) is 0.150.